The van der Waals surface area contributed by atoms with Crippen molar-refractivity contribution in [3.63, 3.8) is 0 Å². The van der Waals surface area contributed by atoms with E-state index in [4.69, 9.17) is 14.1 Å². The number of hydrogen-bond donors (Lipinski definition) is 3. The van der Waals surface area contributed by atoms with Crippen LogP contribution in [0, 0.1) is 25.2 Å². The van der Waals surface area contributed by atoms with Crippen molar-refractivity contribution in [1.82, 2.24) is 10.6 Å². The molecule has 1 aliphatic heterocycles. The molecule has 0 amide bonds. The maximum atomic E-state index is 11.0. The molecule has 4 unspecified atom stereocenters. The Morgan fingerprint density at radius 2 is 2.14 bits per heavy atom. The Labute approximate surface area is 184 Å². The molecule has 1 aromatic heterocycles. The summed E-state index contributed by atoms with van der Waals surface area (Å²) in [6.45, 7) is 9.62. The van der Waals surface area contributed by atoms with Gasteiger partial charge in [-0.25, -0.2) is 4.99 Å². The van der Waals surface area contributed by atoms with Crippen LogP contribution in [0.1, 0.15) is 56.6 Å². The number of guanidine groups is 1. The highest BCUT2D eigenvalue weighted by molar-refractivity contribution is 14.0. The Balaban J connectivity index is 0.00000225. The number of aliphatic imine (C=N–C) groups is 1. The average molecular weight is 503 g/mol. The second-order valence-electron chi connectivity index (χ2n) is 8.75. The van der Waals surface area contributed by atoms with E-state index in [1.807, 2.05) is 19.9 Å². The molecule has 0 bridgehead atoms. The van der Waals surface area contributed by atoms with Crippen molar-refractivity contribution >= 4 is 29.9 Å². The summed E-state index contributed by atoms with van der Waals surface area (Å²) in [7, 11) is 0. The van der Waals surface area contributed by atoms with Crippen LogP contribution in [0.15, 0.2) is 15.5 Å². The van der Waals surface area contributed by atoms with Crippen LogP contribution in [0.25, 0.3) is 0 Å². The lowest BCUT2D eigenvalue weighted by atomic mass is 9.46. The SMILES string of the molecule is CCNC(=NCC(C)(O)c1cc(C)oc1C)NC1C2CCOC2C12CCC2.I. The van der Waals surface area contributed by atoms with Gasteiger partial charge >= 0.3 is 0 Å². The normalized spacial score (nSPS) is 29.9. The number of hydrogen-bond acceptors (Lipinski definition) is 4. The summed E-state index contributed by atoms with van der Waals surface area (Å²) in [6.07, 6.45) is 5.36. The van der Waals surface area contributed by atoms with Crippen LogP contribution in [-0.4, -0.2) is 42.9 Å². The largest absolute Gasteiger partial charge is 0.466 e. The summed E-state index contributed by atoms with van der Waals surface area (Å²) in [6, 6.07) is 2.33. The lowest BCUT2D eigenvalue weighted by Gasteiger charge is -2.63. The Kier molecular flexibility index (Phi) is 6.37. The Morgan fingerprint density at radius 1 is 1.39 bits per heavy atom. The highest BCUT2D eigenvalue weighted by Crippen LogP contribution is 2.62. The molecule has 1 spiro atoms. The van der Waals surface area contributed by atoms with E-state index in [-0.39, 0.29) is 30.5 Å². The van der Waals surface area contributed by atoms with Crippen molar-refractivity contribution in [3.05, 3.63) is 23.2 Å². The summed E-state index contributed by atoms with van der Waals surface area (Å²) in [5.74, 6) is 2.94. The van der Waals surface area contributed by atoms with Gasteiger partial charge in [-0.05, 0) is 53.0 Å². The number of aryl methyl sites for hydroxylation is 2. The predicted octanol–water partition coefficient (Wildman–Crippen LogP) is 3.23. The predicted molar refractivity (Wildman–Crippen MR) is 120 cm³/mol. The van der Waals surface area contributed by atoms with Gasteiger partial charge in [0, 0.05) is 36.1 Å². The standard InChI is InChI=1S/C21H33N3O3.HI/c1-5-22-19(23-12-20(4,25)16-11-13(2)27-14(16)3)24-17-15-7-10-26-18(15)21(17)8-6-9-21;/h11,15,17-18,25H,5-10,12H2,1-4H3,(H2,22,23,24);1H. The monoisotopic (exact) mass is 503 g/mol. The van der Waals surface area contributed by atoms with E-state index in [9.17, 15) is 5.11 Å². The average Bonchev–Trinajstić information content (AvgIpc) is 3.13. The van der Waals surface area contributed by atoms with Crippen LogP contribution in [0.3, 0.4) is 0 Å². The molecule has 28 heavy (non-hydrogen) atoms. The van der Waals surface area contributed by atoms with Crippen LogP contribution < -0.4 is 10.6 Å². The van der Waals surface area contributed by atoms with Crippen molar-refractivity contribution in [1.29, 1.82) is 0 Å². The van der Waals surface area contributed by atoms with Crippen molar-refractivity contribution in [2.45, 2.75) is 71.1 Å². The molecule has 4 atom stereocenters. The van der Waals surface area contributed by atoms with Gasteiger partial charge in [0.05, 0.1) is 12.6 Å². The number of ether oxygens (including phenoxy) is 1. The molecule has 0 radical (unpaired) electrons. The van der Waals surface area contributed by atoms with Crippen LogP contribution in [-0.2, 0) is 10.3 Å². The third kappa shape index (κ3) is 3.58. The molecule has 2 heterocycles. The maximum Gasteiger partial charge on any atom is 0.191 e. The van der Waals surface area contributed by atoms with Crippen LogP contribution in [0.5, 0.6) is 0 Å². The molecule has 7 heteroatoms. The molecule has 2 saturated carbocycles. The Bertz CT molecular complexity index is 726. The molecule has 0 aromatic carbocycles. The first-order valence-electron chi connectivity index (χ1n) is 10.3. The first kappa shape index (κ1) is 21.9. The number of aliphatic hydroxyl groups is 1. The van der Waals surface area contributed by atoms with Crippen molar-refractivity contribution in [3.8, 4) is 0 Å². The summed E-state index contributed by atoms with van der Waals surface area (Å²) in [5, 5.41) is 18.0. The Hall–Kier alpha value is -0.800. The first-order chi connectivity index (χ1) is 12.9. The van der Waals surface area contributed by atoms with Crippen molar-refractivity contribution in [2.75, 3.05) is 19.7 Å². The highest BCUT2D eigenvalue weighted by atomic mass is 127. The number of furan rings is 1. The van der Waals surface area contributed by atoms with Crippen LogP contribution >= 0.6 is 24.0 Å². The zero-order valence-corrected chi connectivity index (χ0v) is 19.7. The van der Waals surface area contributed by atoms with Gasteiger partial charge in [-0.2, -0.15) is 0 Å². The van der Waals surface area contributed by atoms with E-state index >= 15 is 0 Å². The van der Waals surface area contributed by atoms with E-state index in [0.29, 0.717) is 23.5 Å². The second kappa shape index (κ2) is 8.14. The van der Waals surface area contributed by atoms with Gasteiger partial charge in [-0.15, -0.1) is 24.0 Å². The minimum Gasteiger partial charge on any atom is -0.466 e. The number of halogens is 1. The van der Waals surface area contributed by atoms with Crippen molar-refractivity contribution in [2.24, 2.45) is 16.3 Å². The molecule has 4 rings (SSSR count). The molecule has 158 valence electrons. The summed E-state index contributed by atoms with van der Waals surface area (Å²) in [5.41, 5.74) is 0.0534. The smallest absolute Gasteiger partial charge is 0.191 e. The molecule has 1 saturated heterocycles. The maximum absolute atomic E-state index is 11.0. The van der Waals surface area contributed by atoms with Gasteiger partial charge in [0.25, 0.3) is 0 Å². The van der Waals surface area contributed by atoms with E-state index in [1.54, 1.807) is 6.92 Å². The quantitative estimate of drug-likeness (QED) is 0.327. The fourth-order valence-electron chi connectivity index (χ4n) is 5.41. The zero-order valence-electron chi connectivity index (χ0n) is 17.4. The molecule has 3 fully saturated rings. The van der Waals surface area contributed by atoms with E-state index in [0.717, 1.165) is 42.6 Å². The van der Waals surface area contributed by atoms with Crippen molar-refractivity contribution < 1.29 is 14.3 Å². The number of nitrogens with zero attached hydrogens (tertiary/aromatic N) is 1. The summed E-state index contributed by atoms with van der Waals surface area (Å²) in [4.78, 5) is 4.73. The fourth-order valence-corrected chi connectivity index (χ4v) is 5.41. The minimum absolute atomic E-state index is 0. The molecule has 6 nitrogen and oxygen atoms in total. The lowest BCUT2D eigenvalue weighted by Crippen LogP contribution is -2.72. The van der Waals surface area contributed by atoms with Gasteiger partial charge < -0.3 is 24.9 Å². The minimum atomic E-state index is -1.06. The van der Waals surface area contributed by atoms with Gasteiger partial charge in [0.1, 0.15) is 17.1 Å². The zero-order chi connectivity index (χ0) is 19.2. The van der Waals surface area contributed by atoms with Gasteiger partial charge in [-0.1, -0.05) is 6.42 Å². The molecular formula is C21H34IN3O3. The summed E-state index contributed by atoms with van der Waals surface area (Å²) < 4.78 is 11.6. The van der Waals surface area contributed by atoms with Crippen LogP contribution in [0.2, 0.25) is 0 Å². The van der Waals surface area contributed by atoms with E-state index in [1.165, 1.54) is 19.3 Å². The Morgan fingerprint density at radius 3 is 2.71 bits per heavy atom. The molecule has 2 aliphatic carbocycles. The number of nitrogens with one attached hydrogen (secondary N) is 2. The number of fused-ring (bicyclic) bond motifs is 2. The third-order valence-electron chi connectivity index (χ3n) is 6.84. The van der Waals surface area contributed by atoms with Gasteiger partial charge in [-0.3, -0.25) is 0 Å². The molecular weight excluding hydrogens is 469 g/mol. The lowest BCUT2D eigenvalue weighted by molar-refractivity contribution is -0.171. The first-order valence-corrected chi connectivity index (χ1v) is 10.3. The molecule has 3 N–H and O–H groups in total. The highest BCUT2D eigenvalue weighted by Gasteiger charge is 2.66. The van der Waals surface area contributed by atoms with Gasteiger partial charge in [0.15, 0.2) is 5.96 Å². The van der Waals surface area contributed by atoms with E-state index in [2.05, 4.69) is 17.6 Å². The van der Waals surface area contributed by atoms with E-state index < -0.39 is 5.60 Å². The fraction of sp³-hybridized carbons (Fsp3) is 0.762. The van der Waals surface area contributed by atoms with Crippen LogP contribution in [0.4, 0.5) is 0 Å². The topological polar surface area (TPSA) is 79.0 Å². The number of rotatable bonds is 5. The third-order valence-corrected chi connectivity index (χ3v) is 6.84. The van der Waals surface area contributed by atoms with Gasteiger partial charge in [0.2, 0.25) is 0 Å². The molecule has 3 aliphatic rings. The summed E-state index contributed by atoms with van der Waals surface area (Å²) >= 11 is 0. The second-order valence-corrected chi connectivity index (χ2v) is 8.75. The molecule has 1 aromatic rings.